The summed E-state index contributed by atoms with van der Waals surface area (Å²) in [5, 5.41) is 7.51. The van der Waals surface area contributed by atoms with Crippen molar-refractivity contribution in [3.8, 4) is 0 Å². The van der Waals surface area contributed by atoms with E-state index in [0.717, 1.165) is 31.1 Å². The first-order valence-electron chi connectivity index (χ1n) is 6.84. The largest absolute Gasteiger partial charge is 0.339 e. The van der Waals surface area contributed by atoms with Crippen LogP contribution in [0.15, 0.2) is 28.8 Å². The van der Waals surface area contributed by atoms with Gasteiger partial charge >= 0.3 is 0 Å². The van der Waals surface area contributed by atoms with Gasteiger partial charge in [-0.15, -0.1) is 0 Å². The number of aromatic nitrogens is 2. The zero-order valence-electron chi connectivity index (χ0n) is 11.4. The van der Waals surface area contributed by atoms with Gasteiger partial charge in [0.2, 0.25) is 5.89 Å². The number of hydrogen-bond acceptors (Lipinski definition) is 4. The number of rotatable bonds is 3. The molecule has 0 bridgehead atoms. The van der Waals surface area contributed by atoms with Gasteiger partial charge in [-0.1, -0.05) is 35.0 Å². The van der Waals surface area contributed by atoms with Gasteiger partial charge in [0.25, 0.3) is 0 Å². The van der Waals surface area contributed by atoms with E-state index in [1.165, 1.54) is 11.1 Å². The van der Waals surface area contributed by atoms with Gasteiger partial charge in [0.15, 0.2) is 5.82 Å². The highest BCUT2D eigenvalue weighted by molar-refractivity contribution is 5.24. The number of benzene rings is 1. The average Bonchev–Trinajstić information content (AvgIpc) is 2.98. The standard InChI is InChI=1S/C15H19N3O/c1-10-4-3-5-12(8-10)9-14-17-15(19-18-14)13-6-7-16-11(13)2/h3-5,8,11,13,16H,6-7,9H2,1-2H3. The van der Waals surface area contributed by atoms with Crippen molar-refractivity contribution in [1.82, 2.24) is 15.5 Å². The Morgan fingerprint density at radius 1 is 1.42 bits per heavy atom. The van der Waals surface area contributed by atoms with E-state index in [9.17, 15) is 0 Å². The Hall–Kier alpha value is -1.68. The van der Waals surface area contributed by atoms with E-state index in [1.807, 2.05) is 0 Å². The summed E-state index contributed by atoms with van der Waals surface area (Å²) in [5.74, 6) is 1.92. The van der Waals surface area contributed by atoms with Crippen LogP contribution >= 0.6 is 0 Å². The van der Waals surface area contributed by atoms with E-state index in [1.54, 1.807) is 0 Å². The minimum Gasteiger partial charge on any atom is -0.339 e. The fourth-order valence-corrected chi connectivity index (χ4v) is 2.69. The second-order valence-electron chi connectivity index (χ2n) is 5.35. The molecule has 2 heterocycles. The van der Waals surface area contributed by atoms with Crippen LogP contribution in [0.3, 0.4) is 0 Å². The monoisotopic (exact) mass is 257 g/mol. The molecule has 2 atom stereocenters. The maximum Gasteiger partial charge on any atom is 0.231 e. The van der Waals surface area contributed by atoms with Crippen LogP contribution in [0.4, 0.5) is 0 Å². The molecule has 2 aromatic rings. The summed E-state index contributed by atoms with van der Waals surface area (Å²) in [6, 6.07) is 8.84. The van der Waals surface area contributed by atoms with Crippen molar-refractivity contribution < 1.29 is 4.52 Å². The molecule has 3 rings (SSSR count). The van der Waals surface area contributed by atoms with Crippen LogP contribution in [0.1, 0.15) is 42.1 Å². The van der Waals surface area contributed by atoms with Crippen molar-refractivity contribution in [3.05, 3.63) is 47.1 Å². The van der Waals surface area contributed by atoms with Crippen LogP contribution in [0.5, 0.6) is 0 Å². The first-order chi connectivity index (χ1) is 9.22. The minimum absolute atomic E-state index is 0.360. The highest BCUT2D eigenvalue weighted by atomic mass is 16.5. The quantitative estimate of drug-likeness (QED) is 0.917. The summed E-state index contributed by atoms with van der Waals surface area (Å²) in [6.45, 7) is 5.29. The summed E-state index contributed by atoms with van der Waals surface area (Å²) in [5.41, 5.74) is 2.49. The van der Waals surface area contributed by atoms with E-state index in [-0.39, 0.29) is 0 Å². The van der Waals surface area contributed by atoms with Crippen molar-refractivity contribution >= 4 is 0 Å². The Kier molecular flexibility index (Phi) is 3.34. The molecule has 0 spiro atoms. The van der Waals surface area contributed by atoms with Gasteiger partial charge in [-0.05, 0) is 32.4 Å². The molecule has 1 fully saturated rings. The number of hydrogen-bond donors (Lipinski definition) is 1. The molecule has 1 aromatic heterocycles. The molecule has 2 unspecified atom stereocenters. The van der Waals surface area contributed by atoms with E-state index in [0.29, 0.717) is 12.0 Å². The normalized spacial score (nSPS) is 22.8. The lowest BCUT2D eigenvalue weighted by molar-refractivity contribution is 0.342. The van der Waals surface area contributed by atoms with Gasteiger partial charge in [-0.25, -0.2) is 0 Å². The van der Waals surface area contributed by atoms with Crippen LogP contribution in [0.25, 0.3) is 0 Å². The fourth-order valence-electron chi connectivity index (χ4n) is 2.69. The molecule has 4 nitrogen and oxygen atoms in total. The van der Waals surface area contributed by atoms with Crippen LogP contribution in [0.2, 0.25) is 0 Å². The zero-order chi connectivity index (χ0) is 13.2. The highest BCUT2D eigenvalue weighted by Gasteiger charge is 2.29. The summed E-state index contributed by atoms with van der Waals surface area (Å²) < 4.78 is 5.42. The predicted octanol–water partition coefficient (Wildman–Crippen LogP) is 2.43. The summed E-state index contributed by atoms with van der Waals surface area (Å²) in [7, 11) is 0. The van der Waals surface area contributed by atoms with Crippen LogP contribution in [-0.2, 0) is 6.42 Å². The predicted molar refractivity (Wildman–Crippen MR) is 73.1 cm³/mol. The first kappa shape index (κ1) is 12.4. The van der Waals surface area contributed by atoms with Crippen LogP contribution in [-0.4, -0.2) is 22.7 Å². The number of nitrogens with one attached hydrogen (secondary N) is 1. The van der Waals surface area contributed by atoms with E-state index in [2.05, 4.69) is 53.6 Å². The molecule has 100 valence electrons. The molecule has 0 saturated carbocycles. The summed E-state index contributed by atoms with van der Waals surface area (Å²) in [6.07, 6.45) is 1.81. The molecule has 19 heavy (non-hydrogen) atoms. The average molecular weight is 257 g/mol. The van der Waals surface area contributed by atoms with Crippen LogP contribution < -0.4 is 5.32 Å². The summed E-state index contributed by atoms with van der Waals surface area (Å²) >= 11 is 0. The van der Waals surface area contributed by atoms with E-state index < -0.39 is 0 Å². The van der Waals surface area contributed by atoms with Gasteiger partial charge in [-0.3, -0.25) is 0 Å². The third kappa shape index (κ3) is 2.68. The lowest BCUT2D eigenvalue weighted by atomic mass is 10.0. The van der Waals surface area contributed by atoms with E-state index in [4.69, 9.17) is 4.52 Å². The Bertz CT molecular complexity index is 564. The molecule has 1 saturated heterocycles. The van der Waals surface area contributed by atoms with Crippen molar-refractivity contribution in [2.75, 3.05) is 6.54 Å². The molecule has 1 aromatic carbocycles. The Morgan fingerprint density at radius 3 is 3.05 bits per heavy atom. The first-order valence-corrected chi connectivity index (χ1v) is 6.84. The third-order valence-corrected chi connectivity index (χ3v) is 3.77. The van der Waals surface area contributed by atoms with Gasteiger partial charge < -0.3 is 9.84 Å². The molecular weight excluding hydrogens is 238 g/mol. The maximum atomic E-state index is 5.42. The van der Waals surface area contributed by atoms with Gasteiger partial charge in [0.05, 0.1) is 5.92 Å². The molecule has 0 radical (unpaired) electrons. The Morgan fingerprint density at radius 2 is 2.32 bits per heavy atom. The topological polar surface area (TPSA) is 51.0 Å². The molecule has 0 amide bonds. The second-order valence-corrected chi connectivity index (χ2v) is 5.35. The van der Waals surface area contributed by atoms with Gasteiger partial charge in [0, 0.05) is 12.5 Å². The van der Waals surface area contributed by atoms with E-state index >= 15 is 0 Å². The molecule has 1 aliphatic rings. The maximum absolute atomic E-state index is 5.42. The van der Waals surface area contributed by atoms with Crippen LogP contribution in [0, 0.1) is 6.92 Å². The molecule has 1 N–H and O–H groups in total. The zero-order valence-corrected chi connectivity index (χ0v) is 11.4. The van der Waals surface area contributed by atoms with Crippen molar-refractivity contribution in [2.24, 2.45) is 0 Å². The summed E-state index contributed by atoms with van der Waals surface area (Å²) in [4.78, 5) is 4.55. The lowest BCUT2D eigenvalue weighted by Crippen LogP contribution is -2.21. The molecular formula is C15H19N3O. The smallest absolute Gasteiger partial charge is 0.231 e. The van der Waals surface area contributed by atoms with Gasteiger partial charge in [0.1, 0.15) is 0 Å². The van der Waals surface area contributed by atoms with Crippen molar-refractivity contribution in [3.63, 3.8) is 0 Å². The highest BCUT2D eigenvalue weighted by Crippen LogP contribution is 2.26. The number of nitrogens with zero attached hydrogens (tertiary/aromatic N) is 2. The number of aryl methyl sites for hydroxylation is 1. The minimum atomic E-state index is 0.360. The fraction of sp³-hybridized carbons (Fsp3) is 0.467. The second kappa shape index (κ2) is 5.13. The van der Waals surface area contributed by atoms with Gasteiger partial charge in [-0.2, -0.15) is 4.98 Å². The molecule has 4 heteroatoms. The third-order valence-electron chi connectivity index (χ3n) is 3.77. The Labute approximate surface area is 113 Å². The Balaban J connectivity index is 1.74. The van der Waals surface area contributed by atoms with Crippen molar-refractivity contribution in [2.45, 2.75) is 38.6 Å². The van der Waals surface area contributed by atoms with Crippen molar-refractivity contribution in [1.29, 1.82) is 0 Å². The SMILES string of the molecule is Cc1cccc(Cc2noc(C3CCNC3C)n2)c1. The lowest BCUT2D eigenvalue weighted by Gasteiger charge is -2.08. The molecule has 0 aliphatic carbocycles. The molecule has 1 aliphatic heterocycles.